The van der Waals surface area contributed by atoms with Crippen molar-refractivity contribution in [3.63, 3.8) is 0 Å². The largest absolute Gasteiger partial charge is 0.378 e. The van der Waals surface area contributed by atoms with Crippen molar-refractivity contribution in [3.8, 4) is 0 Å². The lowest BCUT2D eigenvalue weighted by Gasteiger charge is -2.04. The minimum atomic E-state index is 0.385. The van der Waals surface area contributed by atoms with Gasteiger partial charge in [-0.3, -0.25) is 0 Å². The Bertz CT molecular complexity index is 271. The summed E-state index contributed by atoms with van der Waals surface area (Å²) in [4.78, 5) is 10.1. The van der Waals surface area contributed by atoms with E-state index in [0.717, 1.165) is 24.8 Å². The van der Waals surface area contributed by atoms with Gasteiger partial charge in [0.15, 0.2) is 0 Å². The quantitative estimate of drug-likeness (QED) is 0.699. The molecule has 1 rings (SSSR count). The zero-order valence-electron chi connectivity index (χ0n) is 7.92. The lowest BCUT2D eigenvalue weighted by molar-refractivity contribution is -0.106. The zero-order chi connectivity index (χ0) is 9.52. The number of hydrogen-bond donors (Lipinski definition) is 1. The number of hydrogen-bond acceptors (Lipinski definition) is 2. The fourth-order valence-electron chi connectivity index (χ4n) is 1.28. The van der Waals surface area contributed by atoms with E-state index in [0.29, 0.717) is 6.54 Å². The Morgan fingerprint density at radius 1 is 1.46 bits per heavy atom. The fraction of sp³-hybridized carbons (Fsp3) is 0.364. The maximum atomic E-state index is 10.1. The molecule has 0 atom stereocenters. The molecule has 1 aromatic rings. The third-order valence-electron chi connectivity index (χ3n) is 1.86. The second-order valence-electron chi connectivity index (χ2n) is 3.00. The summed E-state index contributed by atoms with van der Waals surface area (Å²) in [6.45, 7) is 2.54. The van der Waals surface area contributed by atoms with Crippen LogP contribution in [0.3, 0.4) is 0 Å². The summed E-state index contributed by atoms with van der Waals surface area (Å²) >= 11 is 0. The van der Waals surface area contributed by atoms with Crippen LogP contribution in [0.5, 0.6) is 0 Å². The highest BCUT2D eigenvalue weighted by Gasteiger charge is 1.93. The molecule has 2 nitrogen and oxygen atoms in total. The smallest absolute Gasteiger partial charge is 0.139 e. The van der Waals surface area contributed by atoms with Crippen molar-refractivity contribution in [1.29, 1.82) is 0 Å². The Morgan fingerprint density at radius 3 is 3.00 bits per heavy atom. The summed E-state index contributed by atoms with van der Waals surface area (Å²) in [7, 11) is 0. The molecular weight excluding hydrogens is 162 g/mol. The zero-order valence-corrected chi connectivity index (χ0v) is 7.92. The van der Waals surface area contributed by atoms with Crippen LogP contribution in [0.2, 0.25) is 0 Å². The summed E-state index contributed by atoms with van der Waals surface area (Å²) in [6.07, 6.45) is 3.11. The maximum absolute atomic E-state index is 10.1. The maximum Gasteiger partial charge on any atom is 0.139 e. The molecule has 1 N–H and O–H groups in total. The van der Waals surface area contributed by atoms with Crippen molar-refractivity contribution in [2.75, 3.05) is 11.9 Å². The molecule has 13 heavy (non-hydrogen) atoms. The molecule has 0 amide bonds. The van der Waals surface area contributed by atoms with E-state index in [1.54, 1.807) is 0 Å². The SMILES string of the molecule is CCCc1cccc(NCC=O)c1. The topological polar surface area (TPSA) is 29.1 Å². The van der Waals surface area contributed by atoms with Crippen molar-refractivity contribution in [3.05, 3.63) is 29.8 Å². The van der Waals surface area contributed by atoms with E-state index in [4.69, 9.17) is 0 Å². The number of nitrogens with one attached hydrogen (secondary N) is 1. The molecular formula is C11H15NO. The molecule has 1 aromatic carbocycles. The van der Waals surface area contributed by atoms with Crippen LogP contribution in [-0.2, 0) is 11.2 Å². The Kier molecular flexibility index (Phi) is 4.03. The number of benzene rings is 1. The fourth-order valence-corrected chi connectivity index (χ4v) is 1.28. The van der Waals surface area contributed by atoms with E-state index in [1.165, 1.54) is 5.56 Å². The van der Waals surface area contributed by atoms with Crippen LogP contribution < -0.4 is 5.32 Å². The van der Waals surface area contributed by atoms with Crippen LogP contribution in [0.1, 0.15) is 18.9 Å². The molecule has 0 fully saturated rings. The number of aryl methyl sites for hydroxylation is 1. The Labute approximate surface area is 79.0 Å². The molecule has 0 heterocycles. The molecule has 0 bridgehead atoms. The lowest BCUT2D eigenvalue weighted by atomic mass is 10.1. The number of rotatable bonds is 5. The standard InChI is InChI=1S/C11H15NO/c1-2-4-10-5-3-6-11(9-10)12-7-8-13/h3,5-6,8-9,12H,2,4,7H2,1H3. The van der Waals surface area contributed by atoms with Crippen LogP contribution in [0, 0.1) is 0 Å². The number of carbonyl (C=O) groups is 1. The van der Waals surface area contributed by atoms with Gasteiger partial charge in [0.25, 0.3) is 0 Å². The average molecular weight is 177 g/mol. The summed E-state index contributed by atoms with van der Waals surface area (Å²) in [6, 6.07) is 8.18. The highest BCUT2D eigenvalue weighted by atomic mass is 16.1. The highest BCUT2D eigenvalue weighted by Crippen LogP contribution is 2.11. The van der Waals surface area contributed by atoms with E-state index >= 15 is 0 Å². The van der Waals surface area contributed by atoms with E-state index in [2.05, 4.69) is 24.4 Å². The van der Waals surface area contributed by atoms with E-state index in [9.17, 15) is 4.79 Å². The van der Waals surface area contributed by atoms with Gasteiger partial charge in [-0.1, -0.05) is 25.5 Å². The van der Waals surface area contributed by atoms with Crippen LogP contribution >= 0.6 is 0 Å². The van der Waals surface area contributed by atoms with Crippen LogP contribution in [0.15, 0.2) is 24.3 Å². The van der Waals surface area contributed by atoms with Crippen molar-refractivity contribution in [2.45, 2.75) is 19.8 Å². The van der Waals surface area contributed by atoms with Gasteiger partial charge in [0.2, 0.25) is 0 Å². The predicted octanol–water partition coefficient (Wildman–Crippen LogP) is 2.25. The van der Waals surface area contributed by atoms with E-state index in [1.807, 2.05) is 12.1 Å². The monoisotopic (exact) mass is 177 g/mol. The first-order valence-electron chi connectivity index (χ1n) is 4.63. The third-order valence-corrected chi connectivity index (χ3v) is 1.86. The summed E-state index contributed by atoms with van der Waals surface area (Å²) in [5.41, 5.74) is 2.34. The van der Waals surface area contributed by atoms with E-state index in [-0.39, 0.29) is 0 Å². The Balaban J connectivity index is 2.61. The van der Waals surface area contributed by atoms with Gasteiger partial charge in [-0.25, -0.2) is 0 Å². The van der Waals surface area contributed by atoms with Crippen LogP contribution in [0.4, 0.5) is 5.69 Å². The van der Waals surface area contributed by atoms with Gasteiger partial charge in [0, 0.05) is 5.69 Å². The minimum Gasteiger partial charge on any atom is -0.378 e. The van der Waals surface area contributed by atoms with Crippen LogP contribution in [-0.4, -0.2) is 12.8 Å². The predicted molar refractivity (Wildman–Crippen MR) is 55.0 cm³/mol. The lowest BCUT2D eigenvalue weighted by Crippen LogP contribution is -2.02. The van der Waals surface area contributed by atoms with Gasteiger partial charge >= 0.3 is 0 Å². The number of carbonyl (C=O) groups excluding carboxylic acids is 1. The summed E-state index contributed by atoms with van der Waals surface area (Å²) < 4.78 is 0. The second kappa shape index (κ2) is 5.36. The molecule has 70 valence electrons. The van der Waals surface area contributed by atoms with Crippen molar-refractivity contribution in [1.82, 2.24) is 0 Å². The van der Waals surface area contributed by atoms with Gasteiger partial charge in [-0.15, -0.1) is 0 Å². The van der Waals surface area contributed by atoms with Crippen molar-refractivity contribution < 1.29 is 4.79 Å². The van der Waals surface area contributed by atoms with Gasteiger partial charge in [0.05, 0.1) is 6.54 Å². The molecule has 2 heteroatoms. The highest BCUT2D eigenvalue weighted by molar-refractivity contribution is 5.59. The van der Waals surface area contributed by atoms with Crippen molar-refractivity contribution >= 4 is 12.0 Å². The van der Waals surface area contributed by atoms with Gasteiger partial charge < -0.3 is 10.1 Å². The molecule has 0 aliphatic carbocycles. The molecule has 0 radical (unpaired) electrons. The summed E-state index contributed by atoms with van der Waals surface area (Å²) in [5, 5.41) is 3.03. The minimum absolute atomic E-state index is 0.385. The molecule has 0 unspecified atom stereocenters. The first kappa shape index (κ1) is 9.78. The molecule has 0 aromatic heterocycles. The molecule has 0 saturated heterocycles. The molecule has 0 spiro atoms. The van der Waals surface area contributed by atoms with Gasteiger partial charge in [-0.05, 0) is 24.1 Å². The normalized spacial score (nSPS) is 9.62. The first-order valence-corrected chi connectivity index (χ1v) is 4.63. The second-order valence-corrected chi connectivity index (χ2v) is 3.00. The van der Waals surface area contributed by atoms with Gasteiger partial charge in [-0.2, -0.15) is 0 Å². The van der Waals surface area contributed by atoms with Crippen LogP contribution in [0.25, 0.3) is 0 Å². The Hall–Kier alpha value is -1.31. The Morgan fingerprint density at radius 2 is 2.31 bits per heavy atom. The number of aldehydes is 1. The van der Waals surface area contributed by atoms with Crippen molar-refractivity contribution in [2.24, 2.45) is 0 Å². The third kappa shape index (κ3) is 3.28. The van der Waals surface area contributed by atoms with E-state index < -0.39 is 0 Å². The average Bonchev–Trinajstić information content (AvgIpc) is 2.16. The first-order chi connectivity index (χ1) is 6.36. The van der Waals surface area contributed by atoms with Gasteiger partial charge in [0.1, 0.15) is 6.29 Å². The molecule has 0 aliphatic heterocycles. The molecule has 0 saturated carbocycles. The summed E-state index contributed by atoms with van der Waals surface area (Å²) in [5.74, 6) is 0. The molecule has 0 aliphatic rings. The number of anilines is 1.